The second-order valence-corrected chi connectivity index (χ2v) is 8.16. The predicted molar refractivity (Wildman–Crippen MR) is 93.0 cm³/mol. The molecule has 2 amide bonds. The van der Waals surface area contributed by atoms with Crippen molar-refractivity contribution in [1.82, 2.24) is 4.90 Å². The largest absolute Gasteiger partial charge is 0.425 e. The summed E-state index contributed by atoms with van der Waals surface area (Å²) in [5.41, 5.74) is 1.83. The number of hydrogen-bond acceptors (Lipinski definition) is 4. The maximum atomic E-state index is 12.9. The Hall–Kier alpha value is -2.43. The van der Waals surface area contributed by atoms with Crippen LogP contribution in [0.1, 0.15) is 17.5 Å². The summed E-state index contributed by atoms with van der Waals surface area (Å²) in [7, 11) is 0. The van der Waals surface area contributed by atoms with Crippen molar-refractivity contribution in [3.05, 3.63) is 41.5 Å². The van der Waals surface area contributed by atoms with Crippen LogP contribution in [0.5, 0.6) is 5.75 Å². The SMILES string of the molecule is Cc1ccc(C)c(OC(=O)CN2C(=O)[C@H]3[C@@H]4C=C[C@H]([C@H]5C[C@H]45)[C@@H]3C2=O)c1. The molecule has 1 heterocycles. The number of esters is 1. The summed E-state index contributed by atoms with van der Waals surface area (Å²) >= 11 is 0. The van der Waals surface area contributed by atoms with Crippen molar-refractivity contribution in [2.24, 2.45) is 35.5 Å². The third kappa shape index (κ3) is 2.12. The Balaban J connectivity index is 1.34. The van der Waals surface area contributed by atoms with E-state index in [-0.39, 0.29) is 42.0 Å². The molecule has 5 aliphatic rings. The number of ether oxygens (including phenoxy) is 1. The number of allylic oxidation sites excluding steroid dienone is 2. The summed E-state index contributed by atoms with van der Waals surface area (Å²) < 4.78 is 5.44. The van der Waals surface area contributed by atoms with Gasteiger partial charge in [-0.1, -0.05) is 24.3 Å². The molecule has 0 spiro atoms. The Morgan fingerprint density at radius 1 is 1.08 bits per heavy atom. The van der Waals surface area contributed by atoms with Gasteiger partial charge in [0.15, 0.2) is 0 Å². The van der Waals surface area contributed by atoms with Gasteiger partial charge in [0.05, 0.1) is 11.8 Å². The monoisotopic (exact) mass is 351 g/mol. The van der Waals surface area contributed by atoms with E-state index in [2.05, 4.69) is 12.2 Å². The minimum atomic E-state index is -0.565. The molecule has 1 aliphatic heterocycles. The first-order valence-electron chi connectivity index (χ1n) is 9.27. The fourth-order valence-corrected chi connectivity index (χ4v) is 5.28. The normalized spacial score (nSPS) is 36.2. The Morgan fingerprint density at radius 2 is 1.69 bits per heavy atom. The van der Waals surface area contributed by atoms with Gasteiger partial charge in [-0.3, -0.25) is 14.5 Å². The lowest BCUT2D eigenvalue weighted by molar-refractivity contribution is -0.148. The fraction of sp³-hybridized carbons (Fsp3) is 0.476. The van der Waals surface area contributed by atoms with Crippen LogP contribution in [0.25, 0.3) is 0 Å². The van der Waals surface area contributed by atoms with E-state index in [0.29, 0.717) is 17.6 Å². The molecule has 1 aromatic carbocycles. The maximum absolute atomic E-state index is 12.9. The van der Waals surface area contributed by atoms with Gasteiger partial charge in [0, 0.05) is 0 Å². The molecule has 3 fully saturated rings. The van der Waals surface area contributed by atoms with Gasteiger partial charge in [0.1, 0.15) is 12.3 Å². The van der Waals surface area contributed by atoms with E-state index in [9.17, 15) is 14.4 Å². The van der Waals surface area contributed by atoms with E-state index in [1.807, 2.05) is 26.0 Å². The number of rotatable bonds is 3. The molecule has 26 heavy (non-hydrogen) atoms. The maximum Gasteiger partial charge on any atom is 0.331 e. The van der Waals surface area contributed by atoms with Crippen LogP contribution in [0.3, 0.4) is 0 Å². The number of hydrogen-bond donors (Lipinski definition) is 0. The quantitative estimate of drug-likeness (QED) is 0.363. The van der Waals surface area contributed by atoms with Crippen molar-refractivity contribution in [2.75, 3.05) is 6.54 Å². The molecule has 6 rings (SSSR count). The summed E-state index contributed by atoms with van der Waals surface area (Å²) in [4.78, 5) is 39.3. The van der Waals surface area contributed by atoms with Gasteiger partial charge in [-0.25, -0.2) is 4.79 Å². The van der Waals surface area contributed by atoms with Crippen molar-refractivity contribution >= 4 is 17.8 Å². The third-order valence-electron chi connectivity index (χ3n) is 6.61. The Bertz CT molecular complexity index is 837. The molecule has 5 heteroatoms. The Morgan fingerprint density at radius 3 is 2.31 bits per heavy atom. The van der Waals surface area contributed by atoms with Crippen LogP contribution in [0, 0.1) is 49.4 Å². The molecule has 134 valence electrons. The molecule has 0 radical (unpaired) electrons. The molecular weight excluding hydrogens is 330 g/mol. The van der Waals surface area contributed by atoms with E-state index in [4.69, 9.17) is 4.74 Å². The highest BCUT2D eigenvalue weighted by Gasteiger charge is 2.67. The molecule has 4 aliphatic carbocycles. The van der Waals surface area contributed by atoms with Gasteiger partial charge in [0.2, 0.25) is 11.8 Å². The van der Waals surface area contributed by atoms with E-state index >= 15 is 0 Å². The summed E-state index contributed by atoms with van der Waals surface area (Å²) in [6.07, 6.45) is 5.39. The summed E-state index contributed by atoms with van der Waals surface area (Å²) in [6.45, 7) is 3.48. The fourth-order valence-electron chi connectivity index (χ4n) is 5.28. The second-order valence-electron chi connectivity index (χ2n) is 8.16. The van der Waals surface area contributed by atoms with Gasteiger partial charge in [-0.2, -0.15) is 0 Å². The molecule has 6 atom stereocenters. The van der Waals surface area contributed by atoms with Crippen molar-refractivity contribution in [3.63, 3.8) is 0 Å². The van der Waals surface area contributed by atoms with Crippen molar-refractivity contribution < 1.29 is 19.1 Å². The molecule has 0 aromatic heterocycles. The number of nitrogens with zero attached hydrogens (tertiary/aromatic N) is 1. The van der Waals surface area contributed by atoms with Gasteiger partial charge in [-0.15, -0.1) is 0 Å². The first-order valence-corrected chi connectivity index (χ1v) is 9.27. The topological polar surface area (TPSA) is 63.7 Å². The van der Waals surface area contributed by atoms with Crippen LogP contribution in [0.4, 0.5) is 0 Å². The molecule has 1 aromatic rings. The van der Waals surface area contributed by atoms with E-state index in [1.165, 1.54) is 0 Å². The van der Waals surface area contributed by atoms with Gasteiger partial charge in [0.25, 0.3) is 0 Å². The number of imide groups is 1. The van der Waals surface area contributed by atoms with Gasteiger partial charge < -0.3 is 4.74 Å². The summed E-state index contributed by atoms with van der Waals surface area (Å²) in [5, 5.41) is 0. The molecule has 1 saturated heterocycles. The van der Waals surface area contributed by atoms with E-state index < -0.39 is 5.97 Å². The number of carbonyl (C=O) groups is 3. The van der Waals surface area contributed by atoms with Gasteiger partial charge in [-0.05, 0) is 61.1 Å². The molecule has 2 saturated carbocycles. The first-order chi connectivity index (χ1) is 12.5. The zero-order valence-electron chi connectivity index (χ0n) is 14.8. The molecular formula is C21H21NO4. The van der Waals surface area contributed by atoms with E-state index in [1.54, 1.807) is 6.07 Å². The number of amides is 2. The number of carbonyl (C=O) groups excluding carboxylic acids is 3. The highest BCUT2D eigenvalue weighted by molar-refractivity contribution is 6.08. The lowest BCUT2D eigenvalue weighted by atomic mass is 9.63. The molecule has 2 bridgehead atoms. The van der Waals surface area contributed by atoms with Crippen LogP contribution in [0.2, 0.25) is 0 Å². The Labute approximate surface area is 152 Å². The number of likely N-dealkylation sites (tertiary alicyclic amines) is 1. The van der Waals surface area contributed by atoms with Crippen molar-refractivity contribution in [3.8, 4) is 5.75 Å². The Kier molecular flexibility index (Phi) is 3.21. The minimum Gasteiger partial charge on any atom is -0.425 e. The van der Waals surface area contributed by atoms with Crippen LogP contribution in [-0.4, -0.2) is 29.2 Å². The van der Waals surface area contributed by atoms with Crippen LogP contribution in [-0.2, 0) is 14.4 Å². The number of benzene rings is 1. The zero-order chi connectivity index (χ0) is 18.2. The second kappa shape index (κ2) is 5.29. The standard InChI is InChI=1S/C21H21NO4/c1-10-3-4-11(2)16(7-10)26-17(23)9-22-20(24)18-12-5-6-13(15-8-14(12)15)19(18)21(22)25/h3-7,12-15,18-19H,8-9H2,1-2H3/t12-,13-,14-,15-,18+,19+/m1/s1. The van der Waals surface area contributed by atoms with Crippen molar-refractivity contribution in [2.45, 2.75) is 20.3 Å². The van der Waals surface area contributed by atoms with E-state index in [0.717, 1.165) is 22.4 Å². The summed E-state index contributed by atoms with van der Waals surface area (Å²) in [5.74, 6) is 0.460. The molecule has 5 nitrogen and oxygen atoms in total. The minimum absolute atomic E-state index is 0.173. The average Bonchev–Trinajstić information content (AvgIpc) is 3.39. The predicted octanol–water partition coefficient (Wildman–Crippen LogP) is 2.26. The highest BCUT2D eigenvalue weighted by Crippen LogP contribution is 2.65. The lowest BCUT2D eigenvalue weighted by Crippen LogP contribution is -2.40. The van der Waals surface area contributed by atoms with Crippen LogP contribution in [0.15, 0.2) is 30.4 Å². The average molecular weight is 351 g/mol. The number of aryl methyl sites for hydroxylation is 2. The third-order valence-corrected chi connectivity index (χ3v) is 6.61. The van der Waals surface area contributed by atoms with Crippen molar-refractivity contribution in [1.29, 1.82) is 0 Å². The van der Waals surface area contributed by atoms with Gasteiger partial charge >= 0.3 is 5.97 Å². The van der Waals surface area contributed by atoms with Crippen LogP contribution >= 0.6 is 0 Å². The molecule has 0 N–H and O–H groups in total. The summed E-state index contributed by atoms with van der Waals surface area (Å²) in [6, 6.07) is 5.62. The molecule has 0 unspecified atom stereocenters. The smallest absolute Gasteiger partial charge is 0.331 e. The highest BCUT2D eigenvalue weighted by atomic mass is 16.5. The lowest BCUT2D eigenvalue weighted by Gasteiger charge is -2.37. The zero-order valence-corrected chi connectivity index (χ0v) is 14.8. The first kappa shape index (κ1) is 15.8. The van der Waals surface area contributed by atoms with Crippen LogP contribution < -0.4 is 4.74 Å².